The first kappa shape index (κ1) is 35.1. The Morgan fingerprint density at radius 1 is 0.667 bits per heavy atom. The molecule has 0 saturated heterocycles. The van der Waals surface area contributed by atoms with Crippen molar-refractivity contribution in [1.82, 2.24) is 0 Å². The molecule has 1 saturated carbocycles. The van der Waals surface area contributed by atoms with Crippen LogP contribution in [0.15, 0.2) is 72.8 Å². The van der Waals surface area contributed by atoms with Gasteiger partial charge >= 0.3 is 12.5 Å². The third-order valence-corrected chi connectivity index (χ3v) is 8.22. The van der Waals surface area contributed by atoms with E-state index in [9.17, 15) is 35.1 Å². The van der Waals surface area contributed by atoms with Gasteiger partial charge in [0.25, 0.3) is 0 Å². The van der Waals surface area contributed by atoms with Crippen molar-refractivity contribution in [2.24, 2.45) is 0 Å². The van der Waals surface area contributed by atoms with Crippen LogP contribution in [-0.4, -0.2) is 19.1 Å². The van der Waals surface area contributed by atoms with Crippen LogP contribution in [0.25, 0.3) is 22.3 Å². The highest BCUT2D eigenvalue weighted by Gasteiger charge is 2.40. The smallest absolute Gasteiger partial charge is 0.493 e. The van der Waals surface area contributed by atoms with E-state index in [0.29, 0.717) is 55.5 Å². The molecule has 5 rings (SSSR count). The van der Waals surface area contributed by atoms with Crippen molar-refractivity contribution in [2.75, 3.05) is 6.61 Å². The van der Waals surface area contributed by atoms with Gasteiger partial charge in [-0.1, -0.05) is 49.7 Å². The highest BCUT2D eigenvalue weighted by molar-refractivity contribution is 5.71. The summed E-state index contributed by atoms with van der Waals surface area (Å²) in [6, 6.07) is 15.4. The van der Waals surface area contributed by atoms with Gasteiger partial charge in [0.05, 0.1) is 18.3 Å². The Bertz CT molecular complexity index is 1690. The van der Waals surface area contributed by atoms with Gasteiger partial charge < -0.3 is 14.2 Å². The quantitative estimate of drug-likeness (QED) is 0.116. The first-order chi connectivity index (χ1) is 22.7. The number of ether oxygens (including phenoxy) is 3. The molecule has 0 heterocycles. The molecule has 48 heavy (non-hydrogen) atoms. The number of unbranched alkanes of at least 4 members (excludes halogenated alkanes) is 1. The zero-order chi connectivity index (χ0) is 34.6. The van der Waals surface area contributed by atoms with E-state index in [1.54, 1.807) is 12.1 Å². The van der Waals surface area contributed by atoms with Crippen LogP contribution in [0, 0.1) is 23.3 Å². The second-order valence-corrected chi connectivity index (χ2v) is 11.6. The first-order valence-electron chi connectivity index (χ1n) is 15.4. The summed E-state index contributed by atoms with van der Waals surface area (Å²) in [5.41, 5.74) is 0.612. The van der Waals surface area contributed by atoms with E-state index in [2.05, 4.69) is 4.74 Å². The molecule has 4 aromatic carbocycles. The van der Waals surface area contributed by atoms with Gasteiger partial charge in [0.15, 0.2) is 11.6 Å². The molecule has 0 spiro atoms. The summed E-state index contributed by atoms with van der Waals surface area (Å²) in [4.78, 5) is 0. The van der Waals surface area contributed by atoms with Gasteiger partial charge in [-0.3, -0.25) is 0 Å². The molecular weight excluding hydrogens is 651 g/mol. The van der Waals surface area contributed by atoms with Gasteiger partial charge in [-0.15, -0.1) is 13.2 Å². The maximum absolute atomic E-state index is 15.0. The molecule has 3 nitrogen and oxygen atoms in total. The number of halogens is 9. The van der Waals surface area contributed by atoms with Crippen LogP contribution >= 0.6 is 0 Å². The SMILES string of the molecule is CCCCOc1ccc(C(F)(F)OC2CCC(c3ccc(-c4ccc(-c5cc(F)c(OC(F)(F)F)c(F)c5)c(F)c4)cc3)CC2)c(F)c1. The molecule has 0 aromatic heterocycles. The molecule has 0 atom stereocenters. The third kappa shape index (κ3) is 8.44. The van der Waals surface area contributed by atoms with Crippen LogP contribution in [0.3, 0.4) is 0 Å². The summed E-state index contributed by atoms with van der Waals surface area (Å²) in [6.07, 6.45) is -6.49. The molecule has 0 bridgehead atoms. The minimum atomic E-state index is -5.31. The van der Waals surface area contributed by atoms with Gasteiger partial charge in [0.1, 0.15) is 17.4 Å². The van der Waals surface area contributed by atoms with Crippen LogP contribution in [0.5, 0.6) is 11.5 Å². The predicted molar refractivity (Wildman–Crippen MR) is 161 cm³/mol. The zero-order valence-electron chi connectivity index (χ0n) is 25.7. The summed E-state index contributed by atoms with van der Waals surface area (Å²) in [5.74, 6) is -6.63. The number of hydrogen-bond donors (Lipinski definition) is 0. The summed E-state index contributed by atoms with van der Waals surface area (Å²) >= 11 is 0. The first-order valence-corrected chi connectivity index (χ1v) is 15.4. The molecule has 1 aliphatic carbocycles. The van der Waals surface area contributed by atoms with Crippen LogP contribution in [0.4, 0.5) is 39.5 Å². The third-order valence-electron chi connectivity index (χ3n) is 8.22. The molecular formula is C36H31F9O3. The molecule has 12 heteroatoms. The Morgan fingerprint density at radius 2 is 1.29 bits per heavy atom. The molecule has 0 aliphatic heterocycles. The van der Waals surface area contributed by atoms with E-state index < -0.39 is 53.2 Å². The standard InChI is InChI=1S/C36H31F9O3/c1-2-3-16-46-27-13-15-29(31(38)20-27)35(41,42)47-26-11-8-22(9-12-26)21-4-6-23(7-5-21)24-10-14-28(30(37)17-24)25-18-32(39)34(33(40)19-25)48-36(43,44)45/h4-7,10,13-15,17-20,22,26H,2-3,8-9,11-12,16H2,1H3. The van der Waals surface area contributed by atoms with E-state index >= 15 is 4.39 Å². The number of hydrogen-bond acceptors (Lipinski definition) is 3. The minimum Gasteiger partial charge on any atom is -0.493 e. The lowest BCUT2D eigenvalue weighted by Crippen LogP contribution is -2.30. The van der Waals surface area contributed by atoms with Crippen LogP contribution < -0.4 is 9.47 Å². The normalized spacial score (nSPS) is 17.0. The lowest BCUT2D eigenvalue weighted by atomic mass is 9.82. The summed E-state index contributed by atoms with van der Waals surface area (Å²) in [5, 5.41) is 0. The largest absolute Gasteiger partial charge is 0.573 e. The van der Waals surface area contributed by atoms with Crippen molar-refractivity contribution in [3.63, 3.8) is 0 Å². The van der Waals surface area contributed by atoms with Crippen molar-refractivity contribution in [2.45, 2.75) is 69.9 Å². The average Bonchev–Trinajstić information content (AvgIpc) is 3.02. The minimum absolute atomic E-state index is 0.0528. The summed E-state index contributed by atoms with van der Waals surface area (Å²) in [7, 11) is 0. The Hall–Kier alpha value is -4.19. The van der Waals surface area contributed by atoms with Crippen LogP contribution in [-0.2, 0) is 10.8 Å². The topological polar surface area (TPSA) is 27.7 Å². The second kappa shape index (κ2) is 14.5. The highest BCUT2D eigenvalue weighted by Crippen LogP contribution is 2.41. The predicted octanol–water partition coefficient (Wildman–Crippen LogP) is 11.4. The van der Waals surface area contributed by atoms with E-state index in [0.717, 1.165) is 36.6 Å². The maximum Gasteiger partial charge on any atom is 0.573 e. The Labute approximate surface area is 271 Å². The number of alkyl halides is 5. The molecule has 1 fully saturated rings. The number of benzene rings is 4. The summed E-state index contributed by atoms with van der Waals surface area (Å²) in [6.45, 7) is 2.33. The van der Waals surface area contributed by atoms with Gasteiger partial charge in [-0.25, -0.2) is 17.6 Å². The zero-order valence-corrected chi connectivity index (χ0v) is 25.7. The van der Waals surface area contributed by atoms with Crippen molar-refractivity contribution >= 4 is 0 Å². The number of rotatable bonds is 11. The van der Waals surface area contributed by atoms with Crippen molar-refractivity contribution in [3.8, 4) is 33.8 Å². The molecule has 256 valence electrons. The summed E-state index contributed by atoms with van der Waals surface area (Å²) < 4.78 is 139. The Kier molecular flexibility index (Phi) is 10.6. The second-order valence-electron chi connectivity index (χ2n) is 11.6. The van der Waals surface area contributed by atoms with Crippen LogP contribution in [0.1, 0.15) is 62.5 Å². The molecule has 4 aromatic rings. The molecule has 0 N–H and O–H groups in total. The monoisotopic (exact) mass is 682 g/mol. The maximum atomic E-state index is 15.0. The van der Waals surface area contributed by atoms with E-state index in [1.165, 1.54) is 18.2 Å². The molecule has 0 unspecified atom stereocenters. The fourth-order valence-electron chi connectivity index (χ4n) is 5.75. The van der Waals surface area contributed by atoms with Gasteiger partial charge in [0, 0.05) is 11.6 Å². The Balaban J connectivity index is 1.19. The fourth-order valence-corrected chi connectivity index (χ4v) is 5.75. The lowest BCUT2D eigenvalue weighted by molar-refractivity contribution is -0.279. The van der Waals surface area contributed by atoms with Crippen molar-refractivity contribution in [1.29, 1.82) is 0 Å². The lowest BCUT2D eigenvalue weighted by Gasteiger charge is -2.31. The molecule has 1 aliphatic rings. The van der Waals surface area contributed by atoms with E-state index in [4.69, 9.17) is 9.47 Å². The van der Waals surface area contributed by atoms with Crippen molar-refractivity contribution < 1.29 is 53.7 Å². The van der Waals surface area contributed by atoms with Gasteiger partial charge in [0.2, 0.25) is 5.75 Å². The van der Waals surface area contributed by atoms with Gasteiger partial charge in [-0.2, -0.15) is 8.78 Å². The van der Waals surface area contributed by atoms with E-state index in [1.807, 2.05) is 19.1 Å². The van der Waals surface area contributed by atoms with E-state index in [-0.39, 0.29) is 22.8 Å². The van der Waals surface area contributed by atoms with Gasteiger partial charge in [-0.05, 0) is 90.6 Å². The Morgan fingerprint density at radius 3 is 1.88 bits per heavy atom. The fraction of sp³-hybridized carbons (Fsp3) is 0.333. The van der Waals surface area contributed by atoms with Crippen molar-refractivity contribution in [3.05, 3.63) is 107 Å². The highest BCUT2D eigenvalue weighted by atomic mass is 19.4. The molecule has 0 amide bonds. The van der Waals surface area contributed by atoms with Crippen LogP contribution in [0.2, 0.25) is 0 Å². The average molecular weight is 683 g/mol. The molecule has 0 radical (unpaired) electrons.